The summed E-state index contributed by atoms with van der Waals surface area (Å²) in [5.41, 5.74) is 3.89. The fourth-order valence-corrected chi connectivity index (χ4v) is 5.34. The molecule has 0 aliphatic carbocycles. The Morgan fingerprint density at radius 1 is 1.10 bits per heavy atom. The topological polar surface area (TPSA) is 45.2 Å². The summed E-state index contributed by atoms with van der Waals surface area (Å²) in [6, 6.07) is 20.4. The molecular weight excluding hydrogens is 382 g/mol. The van der Waals surface area contributed by atoms with Crippen molar-refractivity contribution in [2.45, 2.75) is 44.6 Å². The molecule has 31 heavy (non-hydrogen) atoms. The van der Waals surface area contributed by atoms with E-state index in [2.05, 4.69) is 35.3 Å². The van der Waals surface area contributed by atoms with Gasteiger partial charge in [-0.3, -0.25) is 9.78 Å². The van der Waals surface area contributed by atoms with Gasteiger partial charge in [-0.05, 0) is 62.4 Å². The third-order valence-electron chi connectivity index (χ3n) is 7.12. The molecule has 0 saturated carbocycles. The van der Waals surface area contributed by atoms with Crippen molar-refractivity contribution in [2.24, 2.45) is 5.92 Å². The summed E-state index contributed by atoms with van der Waals surface area (Å²) in [4.78, 5) is 21.1. The quantitative estimate of drug-likeness (QED) is 0.616. The van der Waals surface area contributed by atoms with Gasteiger partial charge < -0.3 is 10.2 Å². The second-order valence-corrected chi connectivity index (χ2v) is 9.13. The second kappa shape index (κ2) is 8.80. The average Bonchev–Trinajstić information content (AvgIpc) is 3.16. The van der Waals surface area contributed by atoms with Gasteiger partial charge in [0.05, 0.1) is 17.1 Å². The average molecular weight is 414 g/mol. The zero-order valence-corrected chi connectivity index (χ0v) is 18.3. The van der Waals surface area contributed by atoms with E-state index in [0.717, 1.165) is 46.6 Å². The summed E-state index contributed by atoms with van der Waals surface area (Å²) in [5.74, 6) is 1.19. The van der Waals surface area contributed by atoms with Crippen LogP contribution in [0.4, 0.5) is 0 Å². The van der Waals surface area contributed by atoms with E-state index in [9.17, 15) is 4.79 Å². The first-order valence-corrected chi connectivity index (χ1v) is 11.7. The maximum atomic E-state index is 13.5. The number of hydrogen-bond donors (Lipinski definition) is 1. The van der Waals surface area contributed by atoms with Crippen LogP contribution in [-0.2, 0) is 0 Å². The predicted octanol–water partition coefficient (Wildman–Crippen LogP) is 5.32. The third kappa shape index (κ3) is 4.22. The number of benzene rings is 2. The highest BCUT2D eigenvalue weighted by Crippen LogP contribution is 2.36. The zero-order chi connectivity index (χ0) is 21.2. The van der Waals surface area contributed by atoms with E-state index >= 15 is 0 Å². The molecule has 3 aromatic rings. The Morgan fingerprint density at radius 2 is 1.84 bits per heavy atom. The summed E-state index contributed by atoms with van der Waals surface area (Å²) in [5, 5.41) is 4.22. The minimum Gasteiger partial charge on any atom is -0.345 e. The minimum absolute atomic E-state index is 0.00362. The first-order chi connectivity index (χ1) is 15.2. The van der Waals surface area contributed by atoms with Gasteiger partial charge in [-0.2, -0.15) is 0 Å². The first kappa shape index (κ1) is 20.2. The van der Waals surface area contributed by atoms with Crippen LogP contribution in [0.3, 0.4) is 0 Å². The number of carbonyl (C=O) groups is 1. The van der Waals surface area contributed by atoms with Crippen molar-refractivity contribution < 1.29 is 4.79 Å². The lowest BCUT2D eigenvalue weighted by molar-refractivity contribution is 0.0937. The number of hydrogen-bond acceptors (Lipinski definition) is 3. The molecule has 2 atom stereocenters. The highest BCUT2D eigenvalue weighted by Gasteiger charge is 2.31. The van der Waals surface area contributed by atoms with Crippen molar-refractivity contribution in [3.05, 3.63) is 77.5 Å². The van der Waals surface area contributed by atoms with Crippen molar-refractivity contribution in [1.82, 2.24) is 15.2 Å². The Labute approximate surface area is 184 Å². The van der Waals surface area contributed by atoms with Gasteiger partial charge in [0, 0.05) is 23.5 Å². The zero-order valence-electron chi connectivity index (χ0n) is 18.3. The fraction of sp³-hybridized carbons (Fsp3) is 0.407. The molecule has 3 fully saturated rings. The van der Waals surface area contributed by atoms with Crippen LogP contribution in [0, 0.1) is 5.92 Å². The standard InChI is InChI=1S/C27H31N3O/c1-2-24(20-8-4-3-5-9-20)29-27(31)23-17-26(28-25-11-7-6-10-22(23)25)21-16-19-12-14-30(18-21)15-13-19/h3-11,17,19,21,24H,2,12-16,18H2,1H3,(H,29,31)/t21-,24?/m0/s1. The molecule has 1 N–H and O–H groups in total. The van der Waals surface area contributed by atoms with Crippen LogP contribution < -0.4 is 5.32 Å². The molecule has 2 aromatic carbocycles. The highest BCUT2D eigenvalue weighted by molar-refractivity contribution is 6.06. The monoisotopic (exact) mass is 413 g/mol. The number of pyridine rings is 1. The van der Waals surface area contributed by atoms with Gasteiger partial charge >= 0.3 is 0 Å². The fourth-order valence-electron chi connectivity index (χ4n) is 5.34. The number of fused-ring (bicyclic) bond motifs is 5. The van der Waals surface area contributed by atoms with Crippen LogP contribution in [0.25, 0.3) is 10.9 Å². The molecule has 3 aliphatic heterocycles. The molecule has 1 amide bonds. The molecule has 0 spiro atoms. The molecule has 1 aromatic heterocycles. The Kier molecular flexibility index (Phi) is 5.73. The van der Waals surface area contributed by atoms with Crippen molar-refractivity contribution in [3.8, 4) is 0 Å². The molecular formula is C27H31N3O. The van der Waals surface area contributed by atoms with Crippen LogP contribution in [0.15, 0.2) is 60.7 Å². The SMILES string of the molecule is CCC(NC(=O)c1cc([C@H]2CC3CCN(CC3)C2)nc2ccccc12)c1ccccc1. The molecule has 4 heteroatoms. The Hall–Kier alpha value is -2.72. The van der Waals surface area contributed by atoms with Crippen LogP contribution in [0.5, 0.6) is 0 Å². The smallest absolute Gasteiger partial charge is 0.252 e. The number of aromatic nitrogens is 1. The van der Waals surface area contributed by atoms with Crippen LogP contribution >= 0.6 is 0 Å². The van der Waals surface area contributed by atoms with Gasteiger partial charge in [0.1, 0.15) is 0 Å². The Morgan fingerprint density at radius 3 is 2.61 bits per heavy atom. The summed E-state index contributed by atoms with van der Waals surface area (Å²) in [6.07, 6.45) is 4.63. The predicted molar refractivity (Wildman–Crippen MR) is 125 cm³/mol. The lowest BCUT2D eigenvalue weighted by Crippen LogP contribution is -2.31. The van der Waals surface area contributed by atoms with E-state index in [4.69, 9.17) is 4.98 Å². The molecule has 4 heterocycles. The first-order valence-electron chi connectivity index (χ1n) is 11.7. The molecule has 0 radical (unpaired) electrons. The van der Waals surface area contributed by atoms with Gasteiger partial charge in [0.2, 0.25) is 0 Å². The molecule has 160 valence electrons. The maximum absolute atomic E-state index is 13.5. The highest BCUT2D eigenvalue weighted by atomic mass is 16.1. The number of para-hydroxylation sites is 1. The molecule has 1 unspecified atom stereocenters. The number of nitrogens with one attached hydrogen (secondary N) is 1. The number of carbonyl (C=O) groups excluding carboxylic acids is 1. The number of piperidine rings is 1. The number of amides is 1. The normalized spacial score (nSPS) is 24.0. The minimum atomic E-state index is -0.00699. The molecule has 4 nitrogen and oxygen atoms in total. The number of nitrogens with zero attached hydrogens (tertiary/aromatic N) is 2. The lowest BCUT2D eigenvalue weighted by atomic mass is 9.88. The summed E-state index contributed by atoms with van der Waals surface area (Å²) >= 11 is 0. The van der Waals surface area contributed by atoms with E-state index < -0.39 is 0 Å². The van der Waals surface area contributed by atoms with E-state index in [1.54, 1.807) is 0 Å². The summed E-state index contributed by atoms with van der Waals surface area (Å²) < 4.78 is 0. The summed E-state index contributed by atoms with van der Waals surface area (Å²) in [6.45, 7) is 5.59. The van der Waals surface area contributed by atoms with Crippen molar-refractivity contribution >= 4 is 16.8 Å². The largest absolute Gasteiger partial charge is 0.345 e. The van der Waals surface area contributed by atoms with E-state index in [0.29, 0.717) is 5.92 Å². The van der Waals surface area contributed by atoms with Crippen LogP contribution in [0.1, 0.15) is 66.2 Å². The van der Waals surface area contributed by atoms with Gasteiger partial charge in [0.15, 0.2) is 0 Å². The molecule has 3 aliphatic rings. The van der Waals surface area contributed by atoms with Crippen molar-refractivity contribution in [3.63, 3.8) is 0 Å². The van der Waals surface area contributed by atoms with Crippen molar-refractivity contribution in [2.75, 3.05) is 19.6 Å². The molecule has 3 saturated heterocycles. The van der Waals surface area contributed by atoms with Crippen molar-refractivity contribution in [1.29, 1.82) is 0 Å². The van der Waals surface area contributed by atoms with Gasteiger partial charge in [-0.15, -0.1) is 0 Å². The van der Waals surface area contributed by atoms with E-state index in [1.807, 2.05) is 42.5 Å². The maximum Gasteiger partial charge on any atom is 0.252 e. The summed E-state index contributed by atoms with van der Waals surface area (Å²) in [7, 11) is 0. The van der Waals surface area contributed by atoms with Gasteiger partial charge in [-0.1, -0.05) is 55.5 Å². The third-order valence-corrected chi connectivity index (χ3v) is 7.12. The van der Waals surface area contributed by atoms with E-state index in [-0.39, 0.29) is 11.9 Å². The Bertz CT molecular complexity index is 1040. The lowest BCUT2D eigenvalue weighted by Gasteiger charge is -2.26. The number of rotatable bonds is 5. The molecule has 6 rings (SSSR count). The molecule has 2 bridgehead atoms. The second-order valence-electron chi connectivity index (χ2n) is 9.13. The van der Waals surface area contributed by atoms with E-state index in [1.165, 1.54) is 32.4 Å². The van der Waals surface area contributed by atoms with Crippen LogP contribution in [0.2, 0.25) is 0 Å². The van der Waals surface area contributed by atoms with Gasteiger partial charge in [-0.25, -0.2) is 0 Å². The Balaban J connectivity index is 1.49. The van der Waals surface area contributed by atoms with Crippen LogP contribution in [-0.4, -0.2) is 35.4 Å². The van der Waals surface area contributed by atoms with Gasteiger partial charge in [0.25, 0.3) is 5.91 Å².